The standard InChI is InChI=1S/C22H23N3O5S/c1-4-15-7-9-16(10-8-15)17-12-31-22(24-17)25-19(26)14(3)30-21(28)13(2)23-20(27)18-6-5-11-29-18/h5-14H,4H2,1-3H3,(H,23,27)(H,24,25,26)/t13-,14+/m1/s1. The van der Waals surface area contributed by atoms with Gasteiger partial charge in [0.05, 0.1) is 12.0 Å². The highest BCUT2D eigenvalue weighted by molar-refractivity contribution is 7.14. The van der Waals surface area contributed by atoms with E-state index in [4.69, 9.17) is 9.15 Å². The number of rotatable bonds is 8. The average Bonchev–Trinajstić information content (AvgIpc) is 3.46. The Morgan fingerprint density at radius 3 is 2.55 bits per heavy atom. The number of hydrogen-bond acceptors (Lipinski definition) is 7. The topological polar surface area (TPSA) is 111 Å². The number of carbonyl (C=O) groups excluding carboxylic acids is 3. The lowest BCUT2D eigenvalue weighted by molar-refractivity contribution is -0.154. The number of aryl methyl sites for hydroxylation is 1. The Kier molecular flexibility index (Phi) is 7.19. The van der Waals surface area contributed by atoms with Crippen molar-refractivity contribution in [2.45, 2.75) is 39.3 Å². The van der Waals surface area contributed by atoms with Gasteiger partial charge < -0.3 is 14.5 Å². The molecule has 2 aromatic heterocycles. The molecule has 8 nitrogen and oxygen atoms in total. The number of nitrogens with one attached hydrogen (secondary N) is 2. The summed E-state index contributed by atoms with van der Waals surface area (Å²) in [6.45, 7) is 5.00. The quantitative estimate of drug-likeness (QED) is 0.516. The number of ether oxygens (including phenoxy) is 1. The molecular weight excluding hydrogens is 418 g/mol. The molecule has 9 heteroatoms. The number of anilines is 1. The number of amides is 2. The molecule has 3 rings (SSSR count). The van der Waals surface area contributed by atoms with Gasteiger partial charge in [-0.05, 0) is 38.0 Å². The molecule has 1 aromatic carbocycles. The number of hydrogen-bond donors (Lipinski definition) is 2. The van der Waals surface area contributed by atoms with E-state index >= 15 is 0 Å². The summed E-state index contributed by atoms with van der Waals surface area (Å²) < 4.78 is 10.1. The summed E-state index contributed by atoms with van der Waals surface area (Å²) in [6, 6.07) is 10.1. The van der Waals surface area contributed by atoms with Gasteiger partial charge in [-0.2, -0.15) is 0 Å². The van der Waals surface area contributed by atoms with Gasteiger partial charge in [-0.15, -0.1) is 11.3 Å². The maximum atomic E-state index is 12.4. The zero-order valence-electron chi connectivity index (χ0n) is 17.4. The number of carbonyl (C=O) groups is 3. The lowest BCUT2D eigenvalue weighted by atomic mass is 10.1. The smallest absolute Gasteiger partial charge is 0.329 e. The van der Waals surface area contributed by atoms with Gasteiger partial charge in [0.1, 0.15) is 6.04 Å². The Bertz CT molecular complexity index is 1040. The van der Waals surface area contributed by atoms with E-state index in [0.29, 0.717) is 5.13 Å². The van der Waals surface area contributed by atoms with Crippen LogP contribution >= 0.6 is 11.3 Å². The van der Waals surface area contributed by atoms with Crippen LogP contribution in [-0.4, -0.2) is 34.9 Å². The minimum atomic E-state index is -1.06. The molecule has 0 spiro atoms. The van der Waals surface area contributed by atoms with Crippen LogP contribution in [0.25, 0.3) is 11.3 Å². The van der Waals surface area contributed by atoms with Crippen molar-refractivity contribution < 1.29 is 23.5 Å². The van der Waals surface area contributed by atoms with Crippen LogP contribution in [0.1, 0.15) is 36.9 Å². The van der Waals surface area contributed by atoms with Crippen LogP contribution in [0.3, 0.4) is 0 Å². The van der Waals surface area contributed by atoms with E-state index < -0.39 is 29.9 Å². The molecule has 2 N–H and O–H groups in total. The van der Waals surface area contributed by atoms with Gasteiger partial charge in [0, 0.05) is 10.9 Å². The van der Waals surface area contributed by atoms with Gasteiger partial charge in [0.25, 0.3) is 11.8 Å². The van der Waals surface area contributed by atoms with Crippen LogP contribution < -0.4 is 10.6 Å². The predicted octanol–water partition coefficient (Wildman–Crippen LogP) is 3.65. The van der Waals surface area contributed by atoms with Crippen LogP contribution in [0.5, 0.6) is 0 Å². The van der Waals surface area contributed by atoms with Crippen molar-refractivity contribution in [3.63, 3.8) is 0 Å². The summed E-state index contributed by atoms with van der Waals surface area (Å²) in [6.07, 6.45) is 1.25. The molecule has 2 atom stereocenters. The van der Waals surface area contributed by atoms with Crippen molar-refractivity contribution in [2.75, 3.05) is 5.32 Å². The number of aromatic nitrogens is 1. The Morgan fingerprint density at radius 2 is 1.90 bits per heavy atom. The van der Waals surface area contributed by atoms with Crippen LogP contribution in [0.4, 0.5) is 5.13 Å². The first-order chi connectivity index (χ1) is 14.9. The third kappa shape index (κ3) is 5.79. The molecule has 31 heavy (non-hydrogen) atoms. The molecule has 0 radical (unpaired) electrons. The van der Waals surface area contributed by atoms with Gasteiger partial charge in [-0.25, -0.2) is 9.78 Å². The fourth-order valence-electron chi connectivity index (χ4n) is 2.65. The average molecular weight is 442 g/mol. The normalized spacial score (nSPS) is 12.6. The molecule has 0 saturated carbocycles. The molecule has 0 aliphatic heterocycles. The number of thiazole rings is 1. The number of benzene rings is 1. The molecule has 0 unspecified atom stereocenters. The van der Waals surface area contributed by atoms with E-state index in [-0.39, 0.29) is 5.76 Å². The first kappa shape index (κ1) is 22.2. The van der Waals surface area contributed by atoms with E-state index in [9.17, 15) is 14.4 Å². The highest BCUT2D eigenvalue weighted by Gasteiger charge is 2.24. The van der Waals surface area contributed by atoms with Gasteiger partial charge >= 0.3 is 5.97 Å². The predicted molar refractivity (Wildman–Crippen MR) is 117 cm³/mol. The van der Waals surface area contributed by atoms with E-state index in [1.165, 1.54) is 43.1 Å². The third-order valence-corrected chi connectivity index (χ3v) is 5.26. The summed E-state index contributed by atoms with van der Waals surface area (Å²) in [5, 5.41) is 7.36. The van der Waals surface area contributed by atoms with Crippen LogP contribution in [0.2, 0.25) is 0 Å². The maximum Gasteiger partial charge on any atom is 0.329 e. The minimum absolute atomic E-state index is 0.0781. The summed E-state index contributed by atoms with van der Waals surface area (Å²) in [7, 11) is 0. The summed E-state index contributed by atoms with van der Waals surface area (Å²) in [5.41, 5.74) is 2.94. The van der Waals surface area contributed by atoms with Crippen molar-refractivity contribution >= 4 is 34.3 Å². The summed E-state index contributed by atoms with van der Waals surface area (Å²) >= 11 is 1.28. The Balaban J connectivity index is 1.52. The fraction of sp³-hybridized carbons (Fsp3) is 0.273. The fourth-order valence-corrected chi connectivity index (χ4v) is 3.37. The van der Waals surface area contributed by atoms with E-state index in [1.54, 1.807) is 6.07 Å². The first-order valence-corrected chi connectivity index (χ1v) is 10.7. The molecule has 162 valence electrons. The lowest BCUT2D eigenvalue weighted by Gasteiger charge is -2.16. The van der Waals surface area contributed by atoms with E-state index in [1.807, 2.05) is 29.6 Å². The van der Waals surface area contributed by atoms with Crippen molar-refractivity contribution in [2.24, 2.45) is 0 Å². The zero-order valence-corrected chi connectivity index (χ0v) is 18.2. The second-order valence-corrected chi connectivity index (χ2v) is 7.69. The molecule has 3 aromatic rings. The second kappa shape index (κ2) is 10.0. The first-order valence-electron chi connectivity index (χ1n) is 9.78. The SMILES string of the molecule is CCc1ccc(-c2csc(NC(=O)[C@H](C)OC(=O)[C@@H](C)NC(=O)c3ccco3)n2)cc1. The maximum absolute atomic E-state index is 12.4. The number of nitrogens with zero attached hydrogens (tertiary/aromatic N) is 1. The Labute approximate surface area is 183 Å². The molecule has 0 saturated heterocycles. The van der Waals surface area contributed by atoms with Crippen LogP contribution in [0, 0.1) is 0 Å². The van der Waals surface area contributed by atoms with Gasteiger partial charge in [0.15, 0.2) is 17.0 Å². The van der Waals surface area contributed by atoms with Crippen LogP contribution in [-0.2, 0) is 20.7 Å². The Morgan fingerprint density at radius 1 is 1.16 bits per heavy atom. The third-order valence-electron chi connectivity index (χ3n) is 4.50. The zero-order chi connectivity index (χ0) is 22.4. The highest BCUT2D eigenvalue weighted by atomic mass is 32.1. The molecule has 0 aliphatic carbocycles. The minimum Gasteiger partial charge on any atom is -0.459 e. The monoisotopic (exact) mass is 441 g/mol. The molecule has 0 bridgehead atoms. The summed E-state index contributed by atoms with van der Waals surface area (Å²) in [4.78, 5) is 40.9. The molecular formula is C22H23N3O5S. The van der Waals surface area contributed by atoms with E-state index in [0.717, 1.165) is 17.7 Å². The van der Waals surface area contributed by atoms with Crippen LogP contribution in [0.15, 0.2) is 52.5 Å². The van der Waals surface area contributed by atoms with Crippen molar-refractivity contribution in [3.8, 4) is 11.3 Å². The molecule has 2 heterocycles. The lowest BCUT2D eigenvalue weighted by Crippen LogP contribution is -2.42. The largest absolute Gasteiger partial charge is 0.459 e. The summed E-state index contributed by atoms with van der Waals surface area (Å²) in [5.74, 6) is -1.72. The van der Waals surface area contributed by atoms with Crippen molar-refractivity contribution in [1.29, 1.82) is 0 Å². The van der Waals surface area contributed by atoms with Crippen molar-refractivity contribution in [1.82, 2.24) is 10.3 Å². The van der Waals surface area contributed by atoms with Gasteiger partial charge in [0.2, 0.25) is 0 Å². The van der Waals surface area contributed by atoms with Gasteiger partial charge in [-0.3, -0.25) is 14.9 Å². The van der Waals surface area contributed by atoms with E-state index in [2.05, 4.69) is 22.5 Å². The van der Waals surface area contributed by atoms with Crippen molar-refractivity contribution in [3.05, 3.63) is 59.4 Å². The number of esters is 1. The molecule has 2 amide bonds. The van der Waals surface area contributed by atoms with Gasteiger partial charge in [-0.1, -0.05) is 31.2 Å². The second-order valence-electron chi connectivity index (χ2n) is 6.83. The number of furan rings is 1. The molecule has 0 aliphatic rings. The highest BCUT2D eigenvalue weighted by Crippen LogP contribution is 2.25. The Hall–Kier alpha value is -3.46. The molecule has 0 fully saturated rings.